The Bertz CT molecular complexity index is 841. The van der Waals surface area contributed by atoms with Crippen LogP contribution < -0.4 is 10.6 Å². The second-order valence-electron chi connectivity index (χ2n) is 5.94. The zero-order valence-electron chi connectivity index (χ0n) is 12.5. The summed E-state index contributed by atoms with van der Waals surface area (Å²) in [6, 6.07) is 11.8. The van der Waals surface area contributed by atoms with Crippen LogP contribution in [0.15, 0.2) is 36.4 Å². The summed E-state index contributed by atoms with van der Waals surface area (Å²) >= 11 is 0. The van der Waals surface area contributed by atoms with Gasteiger partial charge in [-0.15, -0.1) is 0 Å². The van der Waals surface area contributed by atoms with Crippen LogP contribution in [0.1, 0.15) is 29.2 Å². The number of carbonyl (C=O) groups is 2. The largest absolute Gasteiger partial charge is 0.322 e. The summed E-state index contributed by atoms with van der Waals surface area (Å²) in [7, 11) is 0. The molecule has 110 valence electrons. The zero-order chi connectivity index (χ0) is 15.5. The summed E-state index contributed by atoms with van der Waals surface area (Å²) in [5.41, 5.74) is 4.89. The predicted molar refractivity (Wildman–Crippen MR) is 83.4 cm³/mol. The fourth-order valence-electron chi connectivity index (χ4n) is 3.54. The number of hydrogen-bond acceptors (Lipinski definition) is 2. The van der Waals surface area contributed by atoms with Gasteiger partial charge in [-0.05, 0) is 41.2 Å². The number of carbonyl (C=O) groups excluding carboxylic acids is 2. The maximum atomic E-state index is 12.7. The fraction of sp³-hybridized carbons (Fsp3) is 0.222. The quantitative estimate of drug-likeness (QED) is 0.794. The zero-order valence-corrected chi connectivity index (χ0v) is 12.5. The lowest BCUT2D eigenvalue weighted by atomic mass is 9.86. The van der Waals surface area contributed by atoms with Crippen LogP contribution in [0, 0.1) is 6.92 Å². The molecule has 1 saturated heterocycles. The van der Waals surface area contributed by atoms with Crippen LogP contribution in [0.5, 0.6) is 0 Å². The van der Waals surface area contributed by atoms with E-state index in [1.54, 1.807) is 0 Å². The van der Waals surface area contributed by atoms with Crippen LogP contribution >= 0.6 is 0 Å². The Kier molecular flexibility index (Phi) is 2.49. The van der Waals surface area contributed by atoms with Crippen molar-refractivity contribution in [2.24, 2.45) is 0 Å². The molecule has 2 aromatic rings. The lowest BCUT2D eigenvalue weighted by Crippen LogP contribution is -2.43. The molecular formula is C18H16N2O2. The molecule has 2 aromatic carbocycles. The number of benzene rings is 2. The van der Waals surface area contributed by atoms with E-state index in [-0.39, 0.29) is 5.91 Å². The summed E-state index contributed by atoms with van der Waals surface area (Å²) < 4.78 is 0. The molecule has 2 aliphatic rings. The first-order valence-corrected chi connectivity index (χ1v) is 7.44. The van der Waals surface area contributed by atoms with Gasteiger partial charge in [-0.2, -0.15) is 0 Å². The third-order valence-corrected chi connectivity index (χ3v) is 4.63. The highest BCUT2D eigenvalue weighted by molar-refractivity contribution is 6.13. The van der Waals surface area contributed by atoms with E-state index in [1.807, 2.05) is 31.2 Å². The van der Waals surface area contributed by atoms with Gasteiger partial charge in [0.25, 0.3) is 5.91 Å². The van der Waals surface area contributed by atoms with E-state index < -0.39 is 11.6 Å². The smallest absolute Gasteiger partial charge is 0.316 e. The van der Waals surface area contributed by atoms with Gasteiger partial charge in [-0.1, -0.05) is 48.9 Å². The van der Waals surface area contributed by atoms with E-state index in [2.05, 4.69) is 29.7 Å². The lowest BCUT2D eigenvalue weighted by molar-refractivity contribution is -0.122. The molecule has 4 heteroatoms. The molecule has 1 fully saturated rings. The van der Waals surface area contributed by atoms with Crippen LogP contribution in [0.2, 0.25) is 0 Å². The van der Waals surface area contributed by atoms with Crippen LogP contribution in [-0.2, 0) is 16.8 Å². The second kappa shape index (κ2) is 4.19. The molecule has 1 spiro atoms. The molecule has 1 unspecified atom stereocenters. The van der Waals surface area contributed by atoms with E-state index in [0.29, 0.717) is 0 Å². The van der Waals surface area contributed by atoms with Crippen molar-refractivity contribution in [3.63, 3.8) is 0 Å². The molecule has 1 atom stereocenters. The number of nitrogens with one attached hydrogen (secondary N) is 2. The highest BCUT2D eigenvalue weighted by atomic mass is 16.2. The summed E-state index contributed by atoms with van der Waals surface area (Å²) in [5.74, 6) is -0.295. The number of amides is 3. The van der Waals surface area contributed by atoms with Crippen molar-refractivity contribution in [3.05, 3.63) is 58.7 Å². The molecule has 22 heavy (non-hydrogen) atoms. The standard InChI is InChI=1S/C18H16N2O2/c1-3-11-5-7-13-12-6-4-10(2)8-14(12)18(15(13)9-11)16(21)19-17(22)20-18/h4-9H,3H2,1-2H3,(H2,19,20,21,22). The van der Waals surface area contributed by atoms with Crippen LogP contribution in [0.25, 0.3) is 11.1 Å². The molecule has 1 aliphatic carbocycles. The molecule has 0 radical (unpaired) electrons. The first-order chi connectivity index (χ1) is 10.6. The number of rotatable bonds is 1. The normalized spacial score (nSPS) is 21.5. The minimum atomic E-state index is -1.08. The lowest BCUT2D eigenvalue weighted by Gasteiger charge is -2.23. The molecule has 1 aliphatic heterocycles. The summed E-state index contributed by atoms with van der Waals surface area (Å²) in [5, 5.41) is 5.27. The molecular weight excluding hydrogens is 276 g/mol. The highest BCUT2D eigenvalue weighted by Crippen LogP contribution is 2.49. The Morgan fingerprint density at radius 1 is 1.00 bits per heavy atom. The van der Waals surface area contributed by atoms with Crippen LogP contribution in [0.4, 0.5) is 4.79 Å². The second-order valence-corrected chi connectivity index (χ2v) is 5.94. The van der Waals surface area contributed by atoms with Crippen molar-refractivity contribution >= 4 is 11.9 Å². The molecule has 4 rings (SSSR count). The van der Waals surface area contributed by atoms with Crippen LogP contribution in [0.3, 0.4) is 0 Å². The molecule has 4 nitrogen and oxygen atoms in total. The Morgan fingerprint density at radius 3 is 2.32 bits per heavy atom. The molecule has 2 N–H and O–H groups in total. The van der Waals surface area contributed by atoms with Gasteiger partial charge in [0, 0.05) is 0 Å². The monoisotopic (exact) mass is 292 g/mol. The minimum absolute atomic E-state index is 0.295. The first-order valence-electron chi connectivity index (χ1n) is 7.44. The number of aryl methyl sites for hydroxylation is 2. The van der Waals surface area contributed by atoms with E-state index in [9.17, 15) is 9.59 Å². The summed E-state index contributed by atoms with van der Waals surface area (Å²) in [6.45, 7) is 4.07. The van der Waals surface area contributed by atoms with Gasteiger partial charge >= 0.3 is 6.03 Å². The van der Waals surface area contributed by atoms with Crippen molar-refractivity contribution in [2.45, 2.75) is 25.8 Å². The number of imide groups is 1. The Labute approximate surface area is 128 Å². The van der Waals surface area contributed by atoms with E-state index >= 15 is 0 Å². The van der Waals surface area contributed by atoms with Crippen molar-refractivity contribution < 1.29 is 9.59 Å². The van der Waals surface area contributed by atoms with E-state index in [4.69, 9.17) is 0 Å². The van der Waals surface area contributed by atoms with Crippen molar-refractivity contribution in [3.8, 4) is 11.1 Å². The van der Waals surface area contributed by atoms with Gasteiger partial charge in [0.1, 0.15) is 0 Å². The number of hydrogen-bond donors (Lipinski definition) is 2. The van der Waals surface area contributed by atoms with Crippen molar-refractivity contribution in [2.75, 3.05) is 0 Å². The third kappa shape index (κ3) is 1.47. The van der Waals surface area contributed by atoms with Crippen molar-refractivity contribution in [1.82, 2.24) is 10.6 Å². The molecule has 1 heterocycles. The van der Waals surface area contributed by atoms with Gasteiger partial charge in [0.15, 0.2) is 5.54 Å². The SMILES string of the molecule is CCc1ccc2c(c1)C1(NC(=O)NC1=O)c1cc(C)ccc1-2. The Balaban J connectivity index is 2.09. The summed E-state index contributed by atoms with van der Waals surface area (Å²) in [6.07, 6.45) is 0.883. The van der Waals surface area contributed by atoms with Crippen LogP contribution in [-0.4, -0.2) is 11.9 Å². The first kappa shape index (κ1) is 13.1. The minimum Gasteiger partial charge on any atom is -0.316 e. The van der Waals surface area contributed by atoms with E-state index in [0.717, 1.165) is 39.8 Å². The van der Waals surface area contributed by atoms with Gasteiger partial charge in [-0.25, -0.2) is 4.79 Å². The van der Waals surface area contributed by atoms with Crippen molar-refractivity contribution in [1.29, 1.82) is 0 Å². The molecule has 0 aromatic heterocycles. The number of urea groups is 1. The Hall–Kier alpha value is -2.62. The van der Waals surface area contributed by atoms with Gasteiger partial charge in [0.2, 0.25) is 0 Å². The Morgan fingerprint density at radius 2 is 1.68 bits per heavy atom. The van der Waals surface area contributed by atoms with E-state index in [1.165, 1.54) is 0 Å². The van der Waals surface area contributed by atoms with Gasteiger partial charge in [-0.3, -0.25) is 10.1 Å². The summed E-state index contributed by atoms with van der Waals surface area (Å²) in [4.78, 5) is 24.5. The maximum Gasteiger partial charge on any atom is 0.322 e. The fourth-order valence-corrected chi connectivity index (χ4v) is 3.54. The highest BCUT2D eigenvalue weighted by Gasteiger charge is 2.54. The van der Waals surface area contributed by atoms with Gasteiger partial charge in [0.05, 0.1) is 0 Å². The maximum absolute atomic E-state index is 12.7. The number of fused-ring (bicyclic) bond motifs is 5. The van der Waals surface area contributed by atoms with Gasteiger partial charge < -0.3 is 5.32 Å². The topological polar surface area (TPSA) is 58.2 Å². The average molecular weight is 292 g/mol. The molecule has 3 amide bonds. The average Bonchev–Trinajstić information content (AvgIpc) is 2.95. The molecule has 0 bridgehead atoms. The predicted octanol–water partition coefficient (Wildman–Crippen LogP) is 2.62. The molecule has 0 saturated carbocycles. The third-order valence-electron chi connectivity index (χ3n) is 4.63.